The van der Waals surface area contributed by atoms with Gasteiger partial charge in [-0.3, -0.25) is 0 Å². The molecule has 0 spiro atoms. The summed E-state index contributed by atoms with van der Waals surface area (Å²) in [6.45, 7) is 4.45. The molecule has 0 saturated heterocycles. The lowest BCUT2D eigenvalue weighted by Crippen LogP contribution is -1.80. The molecule has 2 aromatic carbocycles. The van der Waals surface area contributed by atoms with Crippen molar-refractivity contribution in [3.05, 3.63) is 60.1 Å². The second-order valence-electron chi connectivity index (χ2n) is 9.41. The first-order valence-corrected chi connectivity index (χ1v) is 14.7. The first kappa shape index (κ1) is 23.4. The Bertz CT molecular complexity index is 1510. The van der Waals surface area contributed by atoms with Gasteiger partial charge in [0, 0.05) is 23.6 Å². The average Bonchev–Trinajstić information content (AvgIpc) is 3.68. The number of aromatic nitrogens is 2. The van der Waals surface area contributed by atoms with Crippen LogP contribution in [0, 0.1) is 0 Å². The molecule has 4 nitrogen and oxygen atoms in total. The lowest BCUT2D eigenvalue weighted by atomic mass is 10.1. The summed E-state index contributed by atoms with van der Waals surface area (Å²) in [6.07, 6.45) is 9.21. The van der Waals surface area contributed by atoms with E-state index >= 15 is 0 Å². The van der Waals surface area contributed by atoms with Gasteiger partial charge in [0.2, 0.25) is 0 Å². The molecule has 4 heterocycles. The molecule has 0 amide bonds. The van der Waals surface area contributed by atoms with Crippen LogP contribution < -0.4 is 0 Å². The Balaban J connectivity index is 1.33. The Morgan fingerprint density at radius 2 is 1.06 bits per heavy atom. The zero-order valence-electron chi connectivity index (χ0n) is 20.8. The first-order chi connectivity index (χ1) is 17.7. The monoisotopic (exact) mass is 514 g/mol. The second-order valence-corrected chi connectivity index (χ2v) is 11.4. The quantitative estimate of drug-likeness (QED) is 0.171. The van der Waals surface area contributed by atoms with Gasteiger partial charge in [0.25, 0.3) is 0 Å². The highest BCUT2D eigenvalue weighted by molar-refractivity contribution is 7.23. The number of unbranched alkanes of at least 4 members (excludes halogenated alkanes) is 4. The molecule has 0 radical (unpaired) electrons. The van der Waals surface area contributed by atoms with E-state index in [2.05, 4.69) is 62.4 Å². The number of nitrogens with zero attached hydrogens (tertiary/aromatic N) is 2. The van der Waals surface area contributed by atoms with Crippen LogP contribution in [-0.4, -0.2) is 9.97 Å². The van der Waals surface area contributed by atoms with E-state index in [1.807, 2.05) is 0 Å². The Morgan fingerprint density at radius 3 is 1.50 bits per heavy atom. The standard InChI is InChI=1S/C30H30N2O2S2/c1-3-5-7-9-19-11-17-25(33-19)29-31-23-15-13-22-21(27(23)35-29)14-16-24-28(22)36-30(32-24)26-18-12-20(34-26)10-8-6-4-2/h11-18H,3-10H2,1-2H3. The number of benzene rings is 2. The van der Waals surface area contributed by atoms with Gasteiger partial charge in [-0.15, -0.1) is 22.7 Å². The van der Waals surface area contributed by atoms with Crippen LogP contribution in [0.2, 0.25) is 0 Å². The van der Waals surface area contributed by atoms with Crippen molar-refractivity contribution < 1.29 is 8.83 Å². The fraction of sp³-hybridized carbons (Fsp3) is 0.333. The smallest absolute Gasteiger partial charge is 0.162 e. The van der Waals surface area contributed by atoms with E-state index in [0.717, 1.165) is 56.9 Å². The second kappa shape index (κ2) is 10.2. The van der Waals surface area contributed by atoms with Gasteiger partial charge in [0.15, 0.2) is 21.5 Å². The van der Waals surface area contributed by atoms with Crippen molar-refractivity contribution in [1.82, 2.24) is 9.97 Å². The van der Waals surface area contributed by atoms with Gasteiger partial charge in [0.1, 0.15) is 11.5 Å². The molecule has 6 aromatic rings. The zero-order valence-corrected chi connectivity index (χ0v) is 22.4. The van der Waals surface area contributed by atoms with Gasteiger partial charge < -0.3 is 8.83 Å². The maximum atomic E-state index is 6.14. The largest absolute Gasteiger partial charge is 0.459 e. The van der Waals surface area contributed by atoms with E-state index in [0.29, 0.717) is 0 Å². The van der Waals surface area contributed by atoms with Gasteiger partial charge in [-0.1, -0.05) is 51.7 Å². The molecule has 36 heavy (non-hydrogen) atoms. The molecule has 0 saturated carbocycles. The minimum Gasteiger partial charge on any atom is -0.459 e. The lowest BCUT2D eigenvalue weighted by molar-refractivity contribution is 0.508. The number of hydrogen-bond acceptors (Lipinski definition) is 6. The van der Waals surface area contributed by atoms with Crippen LogP contribution in [-0.2, 0) is 12.8 Å². The minimum atomic E-state index is 0.865. The van der Waals surface area contributed by atoms with Crippen LogP contribution in [0.3, 0.4) is 0 Å². The molecule has 184 valence electrons. The van der Waals surface area contributed by atoms with Crippen LogP contribution in [0.5, 0.6) is 0 Å². The van der Waals surface area contributed by atoms with Crippen molar-refractivity contribution in [2.45, 2.75) is 65.2 Å². The fourth-order valence-corrected chi connectivity index (χ4v) is 6.85. The number of furan rings is 2. The van der Waals surface area contributed by atoms with Crippen molar-refractivity contribution in [3.8, 4) is 21.5 Å². The minimum absolute atomic E-state index is 0.865. The number of hydrogen-bond donors (Lipinski definition) is 0. The Labute approximate surface area is 219 Å². The van der Waals surface area contributed by atoms with Crippen LogP contribution in [0.1, 0.15) is 63.9 Å². The van der Waals surface area contributed by atoms with Crippen LogP contribution in [0.25, 0.3) is 52.7 Å². The van der Waals surface area contributed by atoms with Crippen molar-refractivity contribution in [2.75, 3.05) is 0 Å². The van der Waals surface area contributed by atoms with Crippen LogP contribution >= 0.6 is 22.7 Å². The Kier molecular flexibility index (Phi) is 6.63. The molecule has 0 bridgehead atoms. The SMILES string of the molecule is CCCCCc1ccc(-c2nc3ccc4c(ccc5nc(-c6ccc(CCCCC)o6)sc54)c3s2)o1. The van der Waals surface area contributed by atoms with Crippen molar-refractivity contribution >= 4 is 53.9 Å². The van der Waals surface area contributed by atoms with Gasteiger partial charge in [0.05, 0.1) is 20.4 Å². The molecule has 0 atom stereocenters. The van der Waals surface area contributed by atoms with E-state index in [1.165, 1.54) is 58.7 Å². The van der Waals surface area contributed by atoms with Gasteiger partial charge >= 0.3 is 0 Å². The summed E-state index contributed by atoms with van der Waals surface area (Å²) < 4.78 is 14.7. The predicted octanol–water partition coefficient (Wildman–Crippen LogP) is 10.0. The highest BCUT2D eigenvalue weighted by Crippen LogP contribution is 2.41. The number of fused-ring (bicyclic) bond motifs is 5. The molecule has 0 aliphatic heterocycles. The predicted molar refractivity (Wildman–Crippen MR) is 152 cm³/mol. The van der Waals surface area contributed by atoms with E-state index < -0.39 is 0 Å². The van der Waals surface area contributed by atoms with E-state index in [-0.39, 0.29) is 0 Å². The summed E-state index contributed by atoms with van der Waals surface area (Å²) in [6, 6.07) is 16.9. The molecule has 0 unspecified atom stereocenters. The van der Waals surface area contributed by atoms with Crippen molar-refractivity contribution in [2.24, 2.45) is 0 Å². The highest BCUT2D eigenvalue weighted by Gasteiger charge is 2.17. The summed E-state index contributed by atoms with van der Waals surface area (Å²) >= 11 is 3.41. The van der Waals surface area contributed by atoms with Gasteiger partial charge in [-0.25, -0.2) is 9.97 Å². The fourth-order valence-electron chi connectivity index (χ4n) is 4.74. The number of thiazole rings is 2. The maximum absolute atomic E-state index is 6.14. The third-order valence-electron chi connectivity index (χ3n) is 6.70. The lowest BCUT2D eigenvalue weighted by Gasteiger charge is -1.99. The summed E-state index contributed by atoms with van der Waals surface area (Å²) in [7, 11) is 0. The average molecular weight is 515 g/mol. The highest BCUT2D eigenvalue weighted by atomic mass is 32.1. The van der Waals surface area contributed by atoms with Crippen LogP contribution in [0.15, 0.2) is 57.4 Å². The summed E-state index contributed by atoms with van der Waals surface area (Å²) in [5.41, 5.74) is 2.02. The molecule has 0 fully saturated rings. The number of rotatable bonds is 10. The zero-order chi connectivity index (χ0) is 24.5. The molecule has 0 aliphatic rings. The molecule has 4 aromatic heterocycles. The molecule has 0 N–H and O–H groups in total. The van der Waals surface area contributed by atoms with Gasteiger partial charge in [-0.2, -0.15) is 0 Å². The third kappa shape index (κ3) is 4.48. The summed E-state index contributed by atoms with van der Waals surface area (Å²) in [4.78, 5) is 9.81. The van der Waals surface area contributed by atoms with Crippen molar-refractivity contribution in [1.29, 1.82) is 0 Å². The Morgan fingerprint density at radius 1 is 0.583 bits per heavy atom. The number of aryl methyl sites for hydroxylation is 2. The molecule has 0 aliphatic carbocycles. The summed E-state index contributed by atoms with van der Waals surface area (Å²) in [5, 5.41) is 4.31. The first-order valence-electron chi connectivity index (χ1n) is 13.0. The normalized spacial score (nSPS) is 11.9. The molecule has 6 rings (SSSR count). The topological polar surface area (TPSA) is 52.1 Å². The van der Waals surface area contributed by atoms with E-state index in [4.69, 9.17) is 18.8 Å². The molecule has 6 heteroatoms. The van der Waals surface area contributed by atoms with E-state index in [9.17, 15) is 0 Å². The summed E-state index contributed by atoms with van der Waals surface area (Å²) in [5.74, 6) is 3.83. The molecular weight excluding hydrogens is 484 g/mol. The van der Waals surface area contributed by atoms with Crippen molar-refractivity contribution in [3.63, 3.8) is 0 Å². The third-order valence-corrected chi connectivity index (χ3v) is 8.94. The maximum Gasteiger partial charge on any atom is 0.162 e. The molecular formula is C30H30N2O2S2. The Hall–Kier alpha value is -2.96. The van der Waals surface area contributed by atoms with E-state index in [1.54, 1.807) is 22.7 Å². The van der Waals surface area contributed by atoms with Crippen LogP contribution in [0.4, 0.5) is 0 Å². The van der Waals surface area contributed by atoms with Gasteiger partial charge in [-0.05, 0) is 49.2 Å².